The highest BCUT2D eigenvalue weighted by Crippen LogP contribution is 2.40. The van der Waals surface area contributed by atoms with Gasteiger partial charge in [0, 0.05) is 5.69 Å². The van der Waals surface area contributed by atoms with Crippen LogP contribution in [0.4, 0.5) is 5.69 Å². The van der Waals surface area contributed by atoms with Crippen molar-refractivity contribution in [2.45, 2.75) is 31.3 Å². The van der Waals surface area contributed by atoms with Crippen molar-refractivity contribution in [2.75, 3.05) is 5.73 Å². The van der Waals surface area contributed by atoms with Crippen LogP contribution in [0.25, 0.3) is 0 Å². The molecule has 1 aliphatic carbocycles. The first-order chi connectivity index (χ1) is 8.67. The van der Waals surface area contributed by atoms with Gasteiger partial charge in [-0.15, -0.1) is 0 Å². The normalized spacial score (nSPS) is 22.1. The molecule has 0 spiro atoms. The van der Waals surface area contributed by atoms with Crippen LogP contribution in [0.5, 0.6) is 0 Å². The summed E-state index contributed by atoms with van der Waals surface area (Å²) in [5, 5.41) is 15.0. The summed E-state index contributed by atoms with van der Waals surface area (Å²) in [5.41, 5.74) is 9.52. The maximum Gasteiger partial charge on any atom is 0.0905 e. The summed E-state index contributed by atoms with van der Waals surface area (Å²) in [7, 11) is 0. The van der Waals surface area contributed by atoms with Crippen molar-refractivity contribution in [3.8, 4) is 0 Å². The molecule has 0 aliphatic heterocycles. The third-order valence-electron chi connectivity index (χ3n) is 3.85. The van der Waals surface area contributed by atoms with Crippen LogP contribution in [0.15, 0.2) is 35.0 Å². The summed E-state index contributed by atoms with van der Waals surface area (Å²) in [6.07, 6.45) is 3.47. The molecular weight excluding hydrogens is 242 g/mol. The summed E-state index contributed by atoms with van der Waals surface area (Å²) in [4.78, 5) is 0. The Morgan fingerprint density at radius 3 is 3.00 bits per heavy atom. The summed E-state index contributed by atoms with van der Waals surface area (Å²) >= 11 is 1.71. The van der Waals surface area contributed by atoms with Crippen molar-refractivity contribution < 1.29 is 5.11 Å². The van der Waals surface area contributed by atoms with Crippen LogP contribution in [0, 0.1) is 0 Å². The van der Waals surface area contributed by atoms with Crippen molar-refractivity contribution in [3.05, 3.63) is 51.7 Å². The van der Waals surface area contributed by atoms with E-state index in [1.807, 2.05) is 18.2 Å². The number of hydrogen-bond acceptors (Lipinski definition) is 3. The molecule has 2 nitrogen and oxygen atoms in total. The number of aryl methyl sites for hydroxylation is 2. The second kappa shape index (κ2) is 4.41. The largest absolute Gasteiger partial charge is 0.399 e. The lowest BCUT2D eigenvalue weighted by atomic mass is 9.89. The molecule has 1 heterocycles. The molecule has 1 atom stereocenters. The average Bonchev–Trinajstić information content (AvgIpc) is 2.96. The lowest BCUT2D eigenvalue weighted by molar-refractivity contribution is 0.0298. The minimum Gasteiger partial charge on any atom is -0.399 e. The predicted octanol–water partition coefficient (Wildman–Crippen LogP) is 3.10. The third kappa shape index (κ3) is 2.04. The molecule has 0 saturated heterocycles. The molecule has 0 radical (unpaired) electrons. The second-order valence-electron chi connectivity index (χ2n) is 5.08. The molecule has 1 aromatic carbocycles. The Morgan fingerprint density at radius 1 is 1.33 bits per heavy atom. The van der Waals surface area contributed by atoms with Gasteiger partial charge in [-0.1, -0.05) is 6.07 Å². The van der Waals surface area contributed by atoms with Crippen molar-refractivity contribution in [2.24, 2.45) is 0 Å². The first kappa shape index (κ1) is 11.8. The number of rotatable bonds is 3. The fraction of sp³-hybridized carbons (Fsp3) is 0.333. The van der Waals surface area contributed by atoms with E-state index >= 15 is 0 Å². The highest BCUT2D eigenvalue weighted by Gasteiger charge is 2.36. The zero-order valence-corrected chi connectivity index (χ0v) is 11.0. The summed E-state index contributed by atoms with van der Waals surface area (Å²) < 4.78 is 0. The van der Waals surface area contributed by atoms with Gasteiger partial charge in [0.05, 0.1) is 5.60 Å². The number of nitrogens with two attached hydrogens (primary N) is 1. The predicted molar refractivity (Wildman–Crippen MR) is 75.7 cm³/mol. The van der Waals surface area contributed by atoms with Crippen LogP contribution in [0.2, 0.25) is 0 Å². The number of thiophene rings is 1. The summed E-state index contributed by atoms with van der Waals surface area (Å²) in [5.74, 6) is 0. The molecule has 1 aromatic heterocycles. The minimum atomic E-state index is -0.662. The molecule has 94 valence electrons. The maximum absolute atomic E-state index is 10.8. The van der Waals surface area contributed by atoms with E-state index in [0.717, 1.165) is 36.9 Å². The van der Waals surface area contributed by atoms with E-state index in [2.05, 4.69) is 16.8 Å². The Labute approximate surface area is 111 Å². The first-order valence-corrected chi connectivity index (χ1v) is 7.24. The maximum atomic E-state index is 10.8. The van der Waals surface area contributed by atoms with Crippen molar-refractivity contribution in [1.29, 1.82) is 0 Å². The number of hydrogen-bond donors (Lipinski definition) is 2. The first-order valence-electron chi connectivity index (χ1n) is 6.30. The minimum absolute atomic E-state index is 0.662. The molecule has 3 heteroatoms. The topological polar surface area (TPSA) is 46.2 Å². The molecule has 0 amide bonds. The molecule has 0 fully saturated rings. The molecule has 0 bridgehead atoms. The van der Waals surface area contributed by atoms with Crippen LogP contribution >= 0.6 is 11.3 Å². The van der Waals surface area contributed by atoms with E-state index in [1.165, 1.54) is 11.1 Å². The van der Waals surface area contributed by atoms with E-state index in [-0.39, 0.29) is 0 Å². The van der Waals surface area contributed by atoms with Gasteiger partial charge in [-0.2, -0.15) is 11.3 Å². The van der Waals surface area contributed by atoms with E-state index < -0.39 is 5.60 Å². The van der Waals surface area contributed by atoms with Gasteiger partial charge in [-0.25, -0.2) is 0 Å². The second-order valence-corrected chi connectivity index (χ2v) is 5.86. The monoisotopic (exact) mass is 259 g/mol. The van der Waals surface area contributed by atoms with E-state index in [0.29, 0.717) is 0 Å². The standard InChI is InChI=1S/C15H17NOS/c16-13-1-2-14-12(9-13)4-7-15(14,17)6-3-11-5-8-18-10-11/h1-2,5,8-10,17H,3-4,6-7,16H2. The molecule has 3 rings (SSSR count). The molecular formula is C15H17NOS. The average molecular weight is 259 g/mol. The highest BCUT2D eigenvalue weighted by atomic mass is 32.1. The summed E-state index contributed by atoms with van der Waals surface area (Å²) in [6, 6.07) is 8.01. The third-order valence-corrected chi connectivity index (χ3v) is 4.58. The number of anilines is 1. The van der Waals surface area contributed by atoms with Gasteiger partial charge in [0.15, 0.2) is 0 Å². The lowest BCUT2D eigenvalue weighted by Crippen LogP contribution is -2.23. The Kier molecular flexibility index (Phi) is 2.88. The van der Waals surface area contributed by atoms with Gasteiger partial charge in [-0.05, 0) is 71.3 Å². The summed E-state index contributed by atoms with van der Waals surface area (Å²) in [6.45, 7) is 0. The molecule has 1 unspecified atom stereocenters. The SMILES string of the molecule is Nc1ccc2c(c1)CCC2(O)CCc1ccsc1. The Bertz CT molecular complexity index is 550. The molecule has 2 aromatic rings. The van der Waals surface area contributed by atoms with Gasteiger partial charge < -0.3 is 10.8 Å². The molecule has 3 N–H and O–H groups in total. The quantitative estimate of drug-likeness (QED) is 0.832. The zero-order chi connectivity index (χ0) is 12.6. The van der Waals surface area contributed by atoms with Gasteiger partial charge in [0.2, 0.25) is 0 Å². The lowest BCUT2D eigenvalue weighted by Gasteiger charge is -2.24. The Balaban J connectivity index is 1.81. The van der Waals surface area contributed by atoms with Crippen molar-refractivity contribution in [1.82, 2.24) is 0 Å². The van der Waals surface area contributed by atoms with E-state index in [1.54, 1.807) is 11.3 Å². The van der Waals surface area contributed by atoms with Crippen molar-refractivity contribution >= 4 is 17.0 Å². The number of aliphatic hydroxyl groups is 1. The van der Waals surface area contributed by atoms with Gasteiger partial charge in [0.1, 0.15) is 0 Å². The van der Waals surface area contributed by atoms with Crippen LogP contribution in [-0.2, 0) is 18.4 Å². The van der Waals surface area contributed by atoms with Gasteiger partial charge in [0.25, 0.3) is 0 Å². The fourth-order valence-electron chi connectivity index (χ4n) is 2.80. The molecule has 1 aliphatic rings. The van der Waals surface area contributed by atoms with Crippen LogP contribution in [0.3, 0.4) is 0 Å². The van der Waals surface area contributed by atoms with E-state index in [4.69, 9.17) is 5.73 Å². The van der Waals surface area contributed by atoms with Gasteiger partial charge >= 0.3 is 0 Å². The number of fused-ring (bicyclic) bond motifs is 1. The number of nitrogen functional groups attached to an aromatic ring is 1. The Morgan fingerprint density at radius 2 is 2.22 bits per heavy atom. The fourth-order valence-corrected chi connectivity index (χ4v) is 3.50. The van der Waals surface area contributed by atoms with Crippen molar-refractivity contribution in [3.63, 3.8) is 0 Å². The van der Waals surface area contributed by atoms with Crippen LogP contribution in [0.1, 0.15) is 29.5 Å². The smallest absolute Gasteiger partial charge is 0.0905 e. The Hall–Kier alpha value is -1.32. The van der Waals surface area contributed by atoms with Crippen LogP contribution < -0.4 is 5.73 Å². The number of benzene rings is 1. The highest BCUT2D eigenvalue weighted by molar-refractivity contribution is 7.07. The zero-order valence-electron chi connectivity index (χ0n) is 10.2. The molecule has 18 heavy (non-hydrogen) atoms. The molecule has 0 saturated carbocycles. The van der Waals surface area contributed by atoms with E-state index in [9.17, 15) is 5.11 Å². The van der Waals surface area contributed by atoms with Crippen LogP contribution in [-0.4, -0.2) is 5.11 Å². The van der Waals surface area contributed by atoms with Gasteiger partial charge in [-0.3, -0.25) is 0 Å².